The second-order valence-electron chi connectivity index (χ2n) is 6.35. The number of carbonyl (C=O) groups excluding carboxylic acids is 2. The van der Waals surface area contributed by atoms with Gasteiger partial charge in [0.1, 0.15) is 0 Å². The van der Waals surface area contributed by atoms with E-state index < -0.39 is 0 Å². The number of amides is 2. The Morgan fingerprint density at radius 2 is 2.04 bits per heavy atom. The van der Waals surface area contributed by atoms with Crippen LogP contribution >= 0.6 is 11.8 Å². The van der Waals surface area contributed by atoms with Gasteiger partial charge >= 0.3 is 0 Å². The highest BCUT2D eigenvalue weighted by molar-refractivity contribution is 8.18. The number of anilines is 1. The molecule has 2 aliphatic rings. The average molecular weight is 328 g/mol. The van der Waals surface area contributed by atoms with Crippen LogP contribution in [0.25, 0.3) is 11.6 Å². The van der Waals surface area contributed by atoms with Crippen LogP contribution < -0.4 is 10.2 Å². The molecule has 5 heteroatoms. The summed E-state index contributed by atoms with van der Waals surface area (Å²) in [5, 5.41) is 1.97. The average Bonchev–Trinajstić information content (AvgIpc) is 2.77. The summed E-state index contributed by atoms with van der Waals surface area (Å²) in [5.74, 6) is -0.318. The largest absolute Gasteiger partial charge is 0.363 e. The third-order valence-electron chi connectivity index (χ3n) is 4.26. The van der Waals surface area contributed by atoms with E-state index in [4.69, 9.17) is 0 Å². The fraction of sp³-hybridized carbons (Fsp3) is 0.333. The van der Waals surface area contributed by atoms with Crippen LogP contribution in [0.2, 0.25) is 0 Å². The maximum absolute atomic E-state index is 11.7. The molecule has 0 radical (unpaired) electrons. The van der Waals surface area contributed by atoms with Gasteiger partial charge in [0.05, 0.1) is 10.4 Å². The molecule has 2 aliphatic heterocycles. The molecule has 1 saturated heterocycles. The van der Waals surface area contributed by atoms with E-state index in [1.54, 1.807) is 6.08 Å². The molecule has 0 bridgehead atoms. The topological polar surface area (TPSA) is 49.4 Å². The number of hydrogen-bond donors (Lipinski definition) is 1. The van der Waals surface area contributed by atoms with E-state index in [0.29, 0.717) is 4.91 Å². The maximum Gasteiger partial charge on any atom is 0.290 e. The van der Waals surface area contributed by atoms with E-state index in [1.165, 1.54) is 16.8 Å². The van der Waals surface area contributed by atoms with Crippen LogP contribution in [-0.2, 0) is 4.79 Å². The zero-order chi connectivity index (χ0) is 16.8. The van der Waals surface area contributed by atoms with Crippen LogP contribution in [0.5, 0.6) is 0 Å². The van der Waals surface area contributed by atoms with Crippen molar-refractivity contribution in [2.75, 3.05) is 11.4 Å². The molecule has 3 rings (SSSR count). The summed E-state index contributed by atoms with van der Waals surface area (Å²) < 4.78 is 0. The number of hydrogen-bond acceptors (Lipinski definition) is 4. The molecule has 1 aromatic carbocycles. The highest BCUT2D eigenvalue weighted by atomic mass is 32.2. The van der Waals surface area contributed by atoms with Gasteiger partial charge in [-0.2, -0.15) is 0 Å². The minimum Gasteiger partial charge on any atom is -0.363 e. The molecule has 1 aromatic rings. The first kappa shape index (κ1) is 15.9. The maximum atomic E-state index is 11.7. The monoisotopic (exact) mass is 328 g/mol. The van der Waals surface area contributed by atoms with Gasteiger partial charge in [-0.3, -0.25) is 14.9 Å². The van der Waals surface area contributed by atoms with Gasteiger partial charge in [0.2, 0.25) is 0 Å². The predicted octanol–water partition coefficient (Wildman–Crippen LogP) is 4.03. The van der Waals surface area contributed by atoms with E-state index in [0.717, 1.165) is 23.9 Å². The molecule has 1 fully saturated rings. The molecular formula is C18H20N2O2S. The second-order valence-corrected chi connectivity index (χ2v) is 7.37. The molecule has 1 N–H and O–H groups in total. The molecule has 0 aliphatic carbocycles. The van der Waals surface area contributed by atoms with Gasteiger partial charge in [-0.15, -0.1) is 0 Å². The standard InChI is InChI=1S/C18H20N2O2S/c1-5-20-14-7-6-12(9-15-16(21)19-17(22)23-15)8-13(14)11(2)10-18(20,3)4/h6-10H,5H2,1-4H3,(H,19,21,22)/b15-9+. The van der Waals surface area contributed by atoms with Crippen molar-refractivity contribution in [2.24, 2.45) is 0 Å². The Bertz CT molecular complexity index is 762. The van der Waals surface area contributed by atoms with Gasteiger partial charge in [-0.25, -0.2) is 0 Å². The van der Waals surface area contributed by atoms with Crippen molar-refractivity contribution in [1.29, 1.82) is 0 Å². The number of likely N-dealkylation sites (N-methyl/N-ethyl adjacent to an activating group) is 1. The third kappa shape index (κ3) is 2.81. The SMILES string of the molecule is CCN1c2ccc(/C=C3/SC(=O)NC3=O)cc2C(C)=CC1(C)C. The number of imide groups is 1. The fourth-order valence-corrected chi connectivity index (χ4v) is 4.02. The number of fused-ring (bicyclic) bond motifs is 1. The van der Waals surface area contributed by atoms with Crippen LogP contribution in [0, 0.1) is 0 Å². The zero-order valence-electron chi connectivity index (χ0n) is 13.8. The molecule has 0 atom stereocenters. The second kappa shape index (κ2) is 5.57. The highest BCUT2D eigenvalue weighted by Gasteiger charge is 2.30. The number of rotatable bonds is 2. The number of thioether (sulfide) groups is 1. The van der Waals surface area contributed by atoms with Gasteiger partial charge in [-0.05, 0) is 68.8 Å². The quantitative estimate of drug-likeness (QED) is 0.833. The van der Waals surface area contributed by atoms with E-state index in [9.17, 15) is 9.59 Å². The smallest absolute Gasteiger partial charge is 0.290 e. The molecule has 2 heterocycles. The molecule has 120 valence electrons. The van der Waals surface area contributed by atoms with Gasteiger partial charge < -0.3 is 4.90 Å². The minimum absolute atomic E-state index is 0.0145. The highest BCUT2D eigenvalue weighted by Crippen LogP contribution is 2.39. The third-order valence-corrected chi connectivity index (χ3v) is 5.07. The van der Waals surface area contributed by atoms with E-state index in [-0.39, 0.29) is 16.7 Å². The fourth-order valence-electron chi connectivity index (χ4n) is 3.34. The Balaban J connectivity index is 2.03. The summed E-state index contributed by atoms with van der Waals surface area (Å²) in [7, 11) is 0. The van der Waals surface area contributed by atoms with Gasteiger partial charge in [-0.1, -0.05) is 12.1 Å². The first-order chi connectivity index (χ1) is 10.8. The van der Waals surface area contributed by atoms with Crippen molar-refractivity contribution in [2.45, 2.75) is 33.2 Å². The van der Waals surface area contributed by atoms with Crippen LogP contribution in [0.1, 0.15) is 38.8 Å². The lowest BCUT2D eigenvalue weighted by atomic mass is 9.88. The Labute approximate surface area is 140 Å². The van der Waals surface area contributed by atoms with Crippen molar-refractivity contribution < 1.29 is 9.59 Å². The molecule has 23 heavy (non-hydrogen) atoms. The number of allylic oxidation sites excluding steroid dienone is 1. The lowest BCUT2D eigenvalue weighted by Gasteiger charge is -2.42. The number of carbonyl (C=O) groups is 2. The summed E-state index contributed by atoms with van der Waals surface area (Å²) in [6, 6.07) is 6.19. The summed E-state index contributed by atoms with van der Waals surface area (Å²) >= 11 is 0.948. The number of nitrogens with one attached hydrogen (secondary N) is 1. The molecule has 0 spiro atoms. The first-order valence-electron chi connectivity index (χ1n) is 7.68. The van der Waals surface area contributed by atoms with Crippen molar-refractivity contribution in [1.82, 2.24) is 5.32 Å². The zero-order valence-corrected chi connectivity index (χ0v) is 14.6. The Hall–Kier alpha value is -2.01. The number of benzene rings is 1. The lowest BCUT2D eigenvalue weighted by molar-refractivity contribution is -0.115. The van der Waals surface area contributed by atoms with Crippen molar-refractivity contribution in [3.8, 4) is 0 Å². The van der Waals surface area contributed by atoms with Crippen LogP contribution in [0.4, 0.5) is 10.5 Å². The van der Waals surface area contributed by atoms with Crippen molar-refractivity contribution >= 4 is 40.2 Å². The summed E-state index contributed by atoms with van der Waals surface area (Å²) in [6.45, 7) is 9.62. The van der Waals surface area contributed by atoms with Crippen molar-refractivity contribution in [3.63, 3.8) is 0 Å². The summed E-state index contributed by atoms with van der Waals surface area (Å²) in [6.07, 6.45) is 4.05. The summed E-state index contributed by atoms with van der Waals surface area (Å²) in [4.78, 5) is 25.8. The minimum atomic E-state index is -0.318. The lowest BCUT2D eigenvalue weighted by Crippen LogP contribution is -2.44. The van der Waals surface area contributed by atoms with Gasteiger partial charge in [0.15, 0.2) is 0 Å². The Morgan fingerprint density at radius 3 is 2.65 bits per heavy atom. The Kier molecular flexibility index (Phi) is 3.84. The first-order valence-corrected chi connectivity index (χ1v) is 8.50. The molecule has 2 amide bonds. The molecule has 0 saturated carbocycles. The van der Waals surface area contributed by atoms with E-state index in [2.05, 4.69) is 56.1 Å². The molecular weight excluding hydrogens is 308 g/mol. The van der Waals surface area contributed by atoms with Crippen molar-refractivity contribution in [3.05, 3.63) is 40.3 Å². The Morgan fingerprint density at radius 1 is 1.30 bits per heavy atom. The van der Waals surface area contributed by atoms with Crippen LogP contribution in [-0.4, -0.2) is 23.2 Å². The van der Waals surface area contributed by atoms with E-state index >= 15 is 0 Å². The molecule has 0 unspecified atom stereocenters. The van der Waals surface area contributed by atoms with E-state index in [1.807, 2.05) is 6.07 Å². The predicted molar refractivity (Wildman–Crippen MR) is 96.3 cm³/mol. The molecule has 0 aromatic heterocycles. The van der Waals surface area contributed by atoms with Gasteiger partial charge in [0.25, 0.3) is 11.1 Å². The summed E-state index contributed by atoms with van der Waals surface area (Å²) in [5.41, 5.74) is 4.53. The van der Waals surface area contributed by atoms with Crippen LogP contribution in [0.15, 0.2) is 29.2 Å². The van der Waals surface area contributed by atoms with Crippen LogP contribution in [0.3, 0.4) is 0 Å². The normalized spacial score (nSPS) is 21.3. The van der Waals surface area contributed by atoms with Gasteiger partial charge in [0, 0.05) is 17.8 Å². The number of nitrogens with zero attached hydrogens (tertiary/aromatic N) is 1. The molecule has 4 nitrogen and oxygen atoms in total.